The number of hydrogen-bond acceptors (Lipinski definition) is 4. The number of carbonyl (C=O) groups is 3. The van der Waals surface area contributed by atoms with E-state index in [1.165, 1.54) is 4.90 Å². The molecule has 2 aromatic carbocycles. The van der Waals surface area contributed by atoms with E-state index in [4.69, 9.17) is 4.74 Å². The van der Waals surface area contributed by atoms with Crippen molar-refractivity contribution in [3.63, 3.8) is 0 Å². The highest BCUT2D eigenvalue weighted by Gasteiger charge is 2.34. The molecule has 0 atom stereocenters. The largest absolute Gasteiger partial charge is 0.490 e. The Morgan fingerprint density at radius 1 is 1.07 bits per heavy atom. The molecule has 0 saturated heterocycles. The molecule has 0 fully saturated rings. The summed E-state index contributed by atoms with van der Waals surface area (Å²) in [7, 11) is 0. The number of imide groups is 1. The van der Waals surface area contributed by atoms with E-state index < -0.39 is 0 Å². The SMILES string of the molecule is Cc1ccc2c(c1)N(C(=O)CCCN1C(=O)c3ccccc3C1=O)CCO2. The molecule has 0 aliphatic carbocycles. The van der Waals surface area contributed by atoms with E-state index in [9.17, 15) is 14.4 Å². The summed E-state index contributed by atoms with van der Waals surface area (Å²) < 4.78 is 5.62. The number of carbonyl (C=O) groups excluding carboxylic acids is 3. The van der Waals surface area contributed by atoms with Crippen molar-refractivity contribution in [1.29, 1.82) is 0 Å². The summed E-state index contributed by atoms with van der Waals surface area (Å²) in [4.78, 5) is 40.4. The molecule has 0 radical (unpaired) electrons. The summed E-state index contributed by atoms with van der Waals surface area (Å²) in [5.74, 6) is 0.119. The summed E-state index contributed by atoms with van der Waals surface area (Å²) >= 11 is 0. The fourth-order valence-electron chi connectivity index (χ4n) is 3.55. The number of amides is 3. The van der Waals surface area contributed by atoms with Crippen LogP contribution in [0.5, 0.6) is 5.75 Å². The van der Waals surface area contributed by atoms with Gasteiger partial charge < -0.3 is 9.64 Å². The Bertz CT molecular complexity index is 903. The Morgan fingerprint density at radius 3 is 2.48 bits per heavy atom. The molecule has 2 heterocycles. The van der Waals surface area contributed by atoms with Crippen molar-refractivity contribution in [2.75, 3.05) is 24.6 Å². The summed E-state index contributed by atoms with van der Waals surface area (Å²) in [6.45, 7) is 3.17. The molecule has 4 rings (SSSR count). The van der Waals surface area contributed by atoms with Crippen LogP contribution in [-0.4, -0.2) is 42.3 Å². The van der Waals surface area contributed by atoms with Crippen molar-refractivity contribution in [2.45, 2.75) is 19.8 Å². The fourth-order valence-corrected chi connectivity index (χ4v) is 3.55. The van der Waals surface area contributed by atoms with Crippen molar-refractivity contribution in [3.8, 4) is 5.75 Å². The van der Waals surface area contributed by atoms with Gasteiger partial charge in [0, 0.05) is 13.0 Å². The second-order valence-electron chi connectivity index (χ2n) is 6.78. The van der Waals surface area contributed by atoms with Gasteiger partial charge >= 0.3 is 0 Å². The van der Waals surface area contributed by atoms with Crippen molar-refractivity contribution in [1.82, 2.24) is 4.90 Å². The monoisotopic (exact) mass is 364 g/mol. The van der Waals surface area contributed by atoms with Crippen molar-refractivity contribution >= 4 is 23.4 Å². The average Bonchev–Trinajstić information content (AvgIpc) is 2.92. The second kappa shape index (κ2) is 6.87. The maximum absolute atomic E-state index is 12.7. The van der Waals surface area contributed by atoms with E-state index in [1.807, 2.05) is 25.1 Å². The molecule has 0 bridgehead atoms. The second-order valence-corrected chi connectivity index (χ2v) is 6.78. The fraction of sp³-hybridized carbons (Fsp3) is 0.286. The number of aryl methyl sites for hydroxylation is 1. The van der Waals surface area contributed by atoms with Gasteiger partial charge in [-0.3, -0.25) is 19.3 Å². The highest BCUT2D eigenvalue weighted by atomic mass is 16.5. The molecule has 0 unspecified atom stereocenters. The lowest BCUT2D eigenvalue weighted by Crippen LogP contribution is -2.38. The Labute approximate surface area is 157 Å². The van der Waals surface area contributed by atoms with Gasteiger partial charge in [-0.15, -0.1) is 0 Å². The van der Waals surface area contributed by atoms with Crippen LogP contribution in [0.1, 0.15) is 39.1 Å². The highest BCUT2D eigenvalue weighted by Crippen LogP contribution is 2.33. The van der Waals surface area contributed by atoms with Gasteiger partial charge in [0.15, 0.2) is 0 Å². The van der Waals surface area contributed by atoms with Crippen LogP contribution in [0.25, 0.3) is 0 Å². The first kappa shape index (κ1) is 17.3. The smallest absolute Gasteiger partial charge is 0.261 e. The zero-order valence-corrected chi connectivity index (χ0v) is 15.1. The van der Waals surface area contributed by atoms with E-state index in [-0.39, 0.29) is 30.7 Å². The molecule has 6 heteroatoms. The molecule has 2 aromatic rings. The zero-order chi connectivity index (χ0) is 19.0. The van der Waals surface area contributed by atoms with Gasteiger partial charge in [-0.25, -0.2) is 0 Å². The molecule has 138 valence electrons. The first-order valence-electron chi connectivity index (χ1n) is 9.05. The highest BCUT2D eigenvalue weighted by molar-refractivity contribution is 6.21. The van der Waals surface area contributed by atoms with Crippen molar-refractivity contribution in [3.05, 3.63) is 59.2 Å². The Morgan fingerprint density at radius 2 is 1.78 bits per heavy atom. The Kier molecular flexibility index (Phi) is 4.39. The zero-order valence-electron chi connectivity index (χ0n) is 15.1. The predicted molar refractivity (Wildman–Crippen MR) is 100 cm³/mol. The first-order chi connectivity index (χ1) is 13.1. The van der Waals surface area contributed by atoms with E-state index in [0.29, 0.717) is 36.4 Å². The standard InChI is InChI=1S/C21H20N2O4/c1-14-8-9-18-17(13-14)22(11-12-27-18)19(24)7-4-10-23-20(25)15-5-2-3-6-16(15)21(23)26/h2-3,5-6,8-9,13H,4,7,10-12H2,1H3. The number of anilines is 1. The number of rotatable bonds is 4. The lowest BCUT2D eigenvalue weighted by molar-refractivity contribution is -0.119. The van der Waals surface area contributed by atoms with Gasteiger partial charge in [-0.2, -0.15) is 0 Å². The van der Waals surface area contributed by atoms with E-state index in [0.717, 1.165) is 11.3 Å². The minimum atomic E-state index is -0.282. The third kappa shape index (κ3) is 3.07. The van der Waals surface area contributed by atoms with Crippen LogP contribution in [0.4, 0.5) is 5.69 Å². The van der Waals surface area contributed by atoms with E-state index in [2.05, 4.69) is 0 Å². The van der Waals surface area contributed by atoms with Gasteiger partial charge in [0.25, 0.3) is 11.8 Å². The van der Waals surface area contributed by atoms with Gasteiger partial charge in [-0.05, 0) is 43.2 Å². The number of fused-ring (bicyclic) bond motifs is 2. The third-order valence-corrected chi connectivity index (χ3v) is 4.93. The number of nitrogens with zero attached hydrogens (tertiary/aromatic N) is 2. The number of benzene rings is 2. The summed E-state index contributed by atoms with van der Waals surface area (Å²) in [5, 5.41) is 0. The molecule has 0 saturated carbocycles. The number of hydrogen-bond donors (Lipinski definition) is 0. The minimum Gasteiger partial charge on any atom is -0.490 e. The normalized spacial score (nSPS) is 15.4. The summed E-state index contributed by atoms with van der Waals surface area (Å²) in [6, 6.07) is 12.6. The molecule has 3 amide bonds. The predicted octanol–water partition coefficient (Wildman–Crippen LogP) is 2.80. The third-order valence-electron chi connectivity index (χ3n) is 4.93. The van der Waals surface area contributed by atoms with Crippen LogP contribution in [0.2, 0.25) is 0 Å². The topological polar surface area (TPSA) is 66.9 Å². The van der Waals surface area contributed by atoms with Crippen LogP contribution in [0, 0.1) is 6.92 Å². The summed E-state index contributed by atoms with van der Waals surface area (Å²) in [5.41, 5.74) is 2.72. The van der Waals surface area contributed by atoms with Gasteiger partial charge in [0.2, 0.25) is 5.91 Å². The average molecular weight is 364 g/mol. The molecule has 2 aliphatic rings. The van der Waals surface area contributed by atoms with E-state index in [1.54, 1.807) is 29.2 Å². The lowest BCUT2D eigenvalue weighted by Gasteiger charge is -2.30. The molecular weight excluding hydrogens is 344 g/mol. The van der Waals surface area contributed by atoms with Crippen LogP contribution in [0.15, 0.2) is 42.5 Å². The molecule has 6 nitrogen and oxygen atoms in total. The Balaban J connectivity index is 1.40. The quantitative estimate of drug-likeness (QED) is 0.783. The van der Waals surface area contributed by atoms with Gasteiger partial charge in [0.1, 0.15) is 12.4 Å². The molecule has 0 spiro atoms. The van der Waals surface area contributed by atoms with Gasteiger partial charge in [0.05, 0.1) is 23.4 Å². The van der Waals surface area contributed by atoms with Crippen LogP contribution >= 0.6 is 0 Å². The Hall–Kier alpha value is -3.15. The van der Waals surface area contributed by atoms with Crippen molar-refractivity contribution < 1.29 is 19.1 Å². The minimum absolute atomic E-state index is 0.0261. The lowest BCUT2D eigenvalue weighted by atomic mass is 10.1. The molecule has 0 aromatic heterocycles. The van der Waals surface area contributed by atoms with Crippen LogP contribution in [0.3, 0.4) is 0 Å². The van der Waals surface area contributed by atoms with Crippen LogP contribution in [-0.2, 0) is 4.79 Å². The molecule has 0 N–H and O–H groups in total. The maximum atomic E-state index is 12.7. The summed E-state index contributed by atoms with van der Waals surface area (Å²) in [6.07, 6.45) is 0.698. The molecule has 2 aliphatic heterocycles. The first-order valence-corrected chi connectivity index (χ1v) is 9.05. The molecule has 27 heavy (non-hydrogen) atoms. The maximum Gasteiger partial charge on any atom is 0.261 e. The number of ether oxygens (including phenoxy) is 1. The van der Waals surface area contributed by atoms with Crippen LogP contribution < -0.4 is 9.64 Å². The van der Waals surface area contributed by atoms with Gasteiger partial charge in [-0.1, -0.05) is 18.2 Å². The van der Waals surface area contributed by atoms with Crippen molar-refractivity contribution in [2.24, 2.45) is 0 Å². The molecular formula is C21H20N2O4. The van der Waals surface area contributed by atoms with E-state index >= 15 is 0 Å².